The summed E-state index contributed by atoms with van der Waals surface area (Å²) in [4.78, 5) is 4.12. The predicted octanol–water partition coefficient (Wildman–Crippen LogP) is 3.26. The van der Waals surface area contributed by atoms with Crippen molar-refractivity contribution in [3.63, 3.8) is 0 Å². The van der Waals surface area contributed by atoms with Crippen LogP contribution in [0.5, 0.6) is 0 Å². The first kappa shape index (κ1) is 12.2. The lowest BCUT2D eigenvalue weighted by molar-refractivity contribution is 0.176. The maximum atomic E-state index is 13.2. The van der Waals surface area contributed by atoms with Crippen LogP contribution in [-0.2, 0) is 6.42 Å². The van der Waals surface area contributed by atoms with E-state index in [0.717, 1.165) is 5.69 Å². The average Bonchev–Trinajstić information content (AvgIpc) is 2.29. The van der Waals surface area contributed by atoms with Crippen molar-refractivity contribution in [2.75, 3.05) is 0 Å². The minimum absolute atomic E-state index is 0.366. The van der Waals surface area contributed by atoms with E-state index in [1.807, 2.05) is 18.2 Å². The van der Waals surface area contributed by atoms with E-state index in [9.17, 15) is 9.50 Å². The summed E-state index contributed by atoms with van der Waals surface area (Å²) in [6.07, 6.45) is 1.29. The highest BCUT2D eigenvalue weighted by Crippen LogP contribution is 2.22. The van der Waals surface area contributed by atoms with Gasteiger partial charge in [0.25, 0.3) is 0 Å². The van der Waals surface area contributed by atoms with Crippen LogP contribution in [0.2, 0.25) is 0 Å². The highest BCUT2D eigenvalue weighted by molar-refractivity contribution is 9.10. The van der Waals surface area contributed by atoms with Gasteiger partial charge in [-0.15, -0.1) is 0 Å². The topological polar surface area (TPSA) is 33.1 Å². The van der Waals surface area contributed by atoms with Gasteiger partial charge in [-0.1, -0.05) is 22.0 Å². The molecule has 4 heteroatoms. The van der Waals surface area contributed by atoms with Crippen LogP contribution in [0, 0.1) is 5.82 Å². The summed E-state index contributed by atoms with van der Waals surface area (Å²) in [6, 6.07) is 9.90. The second-order valence-electron chi connectivity index (χ2n) is 3.74. The Labute approximate surface area is 107 Å². The zero-order valence-corrected chi connectivity index (χ0v) is 10.6. The Morgan fingerprint density at radius 2 is 2.12 bits per heavy atom. The zero-order valence-electron chi connectivity index (χ0n) is 8.98. The van der Waals surface area contributed by atoms with Crippen molar-refractivity contribution in [2.24, 2.45) is 0 Å². The molecule has 0 bridgehead atoms. The second kappa shape index (κ2) is 5.38. The van der Waals surface area contributed by atoms with E-state index in [-0.39, 0.29) is 5.82 Å². The fourth-order valence-electron chi connectivity index (χ4n) is 1.60. The molecule has 0 aliphatic heterocycles. The Hall–Kier alpha value is -1.26. The van der Waals surface area contributed by atoms with Gasteiger partial charge in [0.1, 0.15) is 5.82 Å². The third kappa shape index (κ3) is 3.35. The Kier molecular flexibility index (Phi) is 3.86. The predicted molar refractivity (Wildman–Crippen MR) is 67.0 cm³/mol. The molecule has 0 amide bonds. The molecular weight excluding hydrogens is 285 g/mol. The number of pyridine rings is 1. The SMILES string of the molecule is OC(Cc1ccccn1)c1cc(F)cc(Br)c1. The quantitative estimate of drug-likeness (QED) is 0.943. The third-order valence-corrected chi connectivity index (χ3v) is 2.86. The van der Waals surface area contributed by atoms with E-state index in [0.29, 0.717) is 16.5 Å². The second-order valence-corrected chi connectivity index (χ2v) is 4.66. The molecule has 0 aliphatic carbocycles. The molecule has 1 heterocycles. The van der Waals surface area contributed by atoms with Gasteiger partial charge in [-0.05, 0) is 35.9 Å². The van der Waals surface area contributed by atoms with Crippen LogP contribution in [0.15, 0.2) is 47.1 Å². The molecule has 17 heavy (non-hydrogen) atoms. The van der Waals surface area contributed by atoms with E-state index in [1.165, 1.54) is 12.1 Å². The standard InChI is InChI=1S/C13H11BrFNO/c14-10-5-9(6-11(15)7-10)13(17)8-12-3-1-2-4-16-12/h1-7,13,17H,8H2. The molecule has 0 radical (unpaired) electrons. The molecule has 0 spiro atoms. The molecule has 0 fully saturated rings. The number of aromatic nitrogens is 1. The Bertz CT molecular complexity index is 484. The Balaban J connectivity index is 2.17. The van der Waals surface area contributed by atoms with Gasteiger partial charge in [-0.3, -0.25) is 4.98 Å². The summed E-state index contributed by atoms with van der Waals surface area (Å²) in [7, 11) is 0. The number of hydrogen-bond acceptors (Lipinski definition) is 2. The number of aliphatic hydroxyl groups is 1. The average molecular weight is 296 g/mol. The first-order chi connectivity index (χ1) is 8.15. The fourth-order valence-corrected chi connectivity index (χ4v) is 2.09. The van der Waals surface area contributed by atoms with Crippen LogP contribution in [0.1, 0.15) is 17.4 Å². The largest absolute Gasteiger partial charge is 0.388 e. The van der Waals surface area contributed by atoms with Crippen molar-refractivity contribution >= 4 is 15.9 Å². The van der Waals surface area contributed by atoms with Gasteiger partial charge in [0.05, 0.1) is 6.10 Å². The van der Waals surface area contributed by atoms with E-state index in [2.05, 4.69) is 20.9 Å². The van der Waals surface area contributed by atoms with Gasteiger partial charge in [0.15, 0.2) is 0 Å². The van der Waals surface area contributed by atoms with Crippen molar-refractivity contribution < 1.29 is 9.50 Å². The first-order valence-electron chi connectivity index (χ1n) is 5.19. The molecule has 1 N–H and O–H groups in total. The maximum absolute atomic E-state index is 13.2. The van der Waals surface area contributed by atoms with Crippen LogP contribution < -0.4 is 0 Å². The number of rotatable bonds is 3. The van der Waals surface area contributed by atoms with Crippen LogP contribution in [0.3, 0.4) is 0 Å². The van der Waals surface area contributed by atoms with E-state index < -0.39 is 6.10 Å². The number of halogens is 2. The van der Waals surface area contributed by atoms with Crippen LogP contribution in [-0.4, -0.2) is 10.1 Å². The normalized spacial score (nSPS) is 12.4. The monoisotopic (exact) mass is 295 g/mol. The summed E-state index contributed by atoms with van der Waals surface area (Å²) in [6.45, 7) is 0. The highest BCUT2D eigenvalue weighted by Gasteiger charge is 2.11. The summed E-state index contributed by atoms with van der Waals surface area (Å²) in [5.74, 6) is -0.366. The highest BCUT2D eigenvalue weighted by atomic mass is 79.9. The fraction of sp³-hybridized carbons (Fsp3) is 0.154. The van der Waals surface area contributed by atoms with Gasteiger partial charge in [0.2, 0.25) is 0 Å². The number of aliphatic hydroxyl groups excluding tert-OH is 1. The van der Waals surface area contributed by atoms with Gasteiger partial charge in [-0.25, -0.2) is 4.39 Å². The minimum Gasteiger partial charge on any atom is -0.388 e. The van der Waals surface area contributed by atoms with Gasteiger partial charge in [-0.2, -0.15) is 0 Å². The number of nitrogens with zero attached hydrogens (tertiary/aromatic N) is 1. The summed E-state index contributed by atoms with van der Waals surface area (Å²) < 4.78 is 13.8. The molecule has 1 unspecified atom stereocenters. The van der Waals surface area contributed by atoms with Crippen molar-refractivity contribution in [1.82, 2.24) is 4.98 Å². The molecular formula is C13H11BrFNO. The van der Waals surface area contributed by atoms with Crippen LogP contribution in [0.4, 0.5) is 4.39 Å². The Morgan fingerprint density at radius 1 is 1.29 bits per heavy atom. The van der Waals surface area contributed by atoms with Gasteiger partial charge in [0, 0.05) is 22.8 Å². The van der Waals surface area contributed by atoms with Crippen LogP contribution >= 0.6 is 15.9 Å². The lowest BCUT2D eigenvalue weighted by Gasteiger charge is -2.11. The smallest absolute Gasteiger partial charge is 0.124 e. The molecule has 1 aromatic carbocycles. The molecule has 1 aromatic heterocycles. The third-order valence-electron chi connectivity index (χ3n) is 2.40. The molecule has 0 saturated heterocycles. The van der Waals surface area contributed by atoms with Crippen molar-refractivity contribution in [1.29, 1.82) is 0 Å². The lowest BCUT2D eigenvalue weighted by Crippen LogP contribution is -2.03. The van der Waals surface area contributed by atoms with Crippen molar-refractivity contribution in [2.45, 2.75) is 12.5 Å². The summed E-state index contributed by atoms with van der Waals surface area (Å²) in [5, 5.41) is 10.00. The molecule has 0 saturated carbocycles. The summed E-state index contributed by atoms with van der Waals surface area (Å²) in [5.41, 5.74) is 1.32. The minimum atomic E-state index is -0.753. The molecule has 2 rings (SSSR count). The molecule has 0 aliphatic rings. The van der Waals surface area contributed by atoms with Crippen molar-refractivity contribution in [3.8, 4) is 0 Å². The van der Waals surface area contributed by atoms with E-state index in [4.69, 9.17) is 0 Å². The van der Waals surface area contributed by atoms with Crippen LogP contribution in [0.25, 0.3) is 0 Å². The number of hydrogen-bond donors (Lipinski definition) is 1. The number of benzene rings is 1. The first-order valence-corrected chi connectivity index (χ1v) is 5.98. The van der Waals surface area contributed by atoms with Gasteiger partial charge >= 0.3 is 0 Å². The Morgan fingerprint density at radius 3 is 2.76 bits per heavy atom. The van der Waals surface area contributed by atoms with E-state index in [1.54, 1.807) is 12.3 Å². The van der Waals surface area contributed by atoms with Gasteiger partial charge < -0.3 is 5.11 Å². The molecule has 88 valence electrons. The maximum Gasteiger partial charge on any atom is 0.124 e. The van der Waals surface area contributed by atoms with E-state index >= 15 is 0 Å². The molecule has 2 nitrogen and oxygen atoms in total. The summed E-state index contributed by atoms with van der Waals surface area (Å²) >= 11 is 3.20. The molecule has 1 atom stereocenters. The zero-order chi connectivity index (χ0) is 12.3. The van der Waals surface area contributed by atoms with Crippen molar-refractivity contribution in [3.05, 3.63) is 64.1 Å². The molecule has 2 aromatic rings. The lowest BCUT2D eigenvalue weighted by atomic mass is 10.0.